The molecule has 126 valence electrons. The Morgan fingerprint density at radius 2 is 1.78 bits per heavy atom. The first kappa shape index (κ1) is 16.5. The lowest BCUT2D eigenvalue weighted by Crippen LogP contribution is -2.48. The number of hydrogen-bond donors (Lipinski definition) is 1. The molecule has 2 aliphatic rings. The lowest BCUT2D eigenvalue weighted by atomic mass is 9.83. The molecule has 3 rings (SSSR count). The maximum atomic E-state index is 12.7. The zero-order valence-electron chi connectivity index (χ0n) is 13.5. The SMILES string of the molecule is CS(=O)(=O)NC1CCN(C(=O)C2CCc3ccccc3C2)CC1. The smallest absolute Gasteiger partial charge is 0.226 e. The van der Waals surface area contributed by atoms with Gasteiger partial charge in [-0.3, -0.25) is 4.79 Å². The van der Waals surface area contributed by atoms with Gasteiger partial charge in [0, 0.05) is 25.0 Å². The number of carbonyl (C=O) groups excluding carboxylic acids is 1. The van der Waals surface area contributed by atoms with Crippen LogP contribution in [0.4, 0.5) is 0 Å². The molecule has 1 atom stereocenters. The highest BCUT2D eigenvalue weighted by atomic mass is 32.2. The molecule has 0 radical (unpaired) electrons. The normalized spacial score (nSPS) is 22.7. The first-order valence-electron chi connectivity index (χ1n) is 8.25. The van der Waals surface area contributed by atoms with Gasteiger partial charge >= 0.3 is 0 Å². The van der Waals surface area contributed by atoms with Gasteiger partial charge in [-0.25, -0.2) is 13.1 Å². The molecule has 1 aromatic carbocycles. The average Bonchev–Trinajstić information content (AvgIpc) is 2.53. The van der Waals surface area contributed by atoms with Crippen LogP contribution in [-0.4, -0.2) is 44.6 Å². The molecule has 1 fully saturated rings. The molecule has 23 heavy (non-hydrogen) atoms. The highest BCUT2D eigenvalue weighted by Crippen LogP contribution is 2.27. The second kappa shape index (κ2) is 6.61. The number of nitrogens with one attached hydrogen (secondary N) is 1. The van der Waals surface area contributed by atoms with E-state index in [-0.39, 0.29) is 17.9 Å². The molecule has 1 saturated heterocycles. The standard InChI is InChI=1S/C17H24N2O3S/c1-23(21,22)18-16-8-10-19(11-9-16)17(20)15-7-6-13-4-2-3-5-14(13)12-15/h2-5,15-16,18H,6-12H2,1H3. The number of hydrogen-bond acceptors (Lipinski definition) is 3. The predicted octanol–water partition coefficient (Wildman–Crippen LogP) is 1.33. The Hall–Kier alpha value is -1.40. The number of carbonyl (C=O) groups is 1. The number of fused-ring (bicyclic) bond motifs is 1. The minimum atomic E-state index is -3.17. The van der Waals surface area contributed by atoms with Gasteiger partial charge in [-0.05, 0) is 43.2 Å². The third kappa shape index (κ3) is 4.12. The fourth-order valence-corrected chi connectivity index (χ4v) is 4.53. The third-order valence-corrected chi connectivity index (χ3v) is 5.64. The second-order valence-corrected chi connectivity index (χ2v) is 8.48. The summed E-state index contributed by atoms with van der Waals surface area (Å²) in [5.41, 5.74) is 2.67. The Bertz CT molecular complexity index is 679. The summed E-state index contributed by atoms with van der Waals surface area (Å²) in [5, 5.41) is 0. The molecule has 5 nitrogen and oxygen atoms in total. The molecule has 1 amide bonds. The minimum absolute atomic E-state index is 0.0406. The molecule has 0 aromatic heterocycles. The first-order valence-corrected chi connectivity index (χ1v) is 10.1. The van der Waals surface area contributed by atoms with Crippen molar-refractivity contribution in [2.75, 3.05) is 19.3 Å². The van der Waals surface area contributed by atoms with Crippen molar-refractivity contribution in [2.24, 2.45) is 5.92 Å². The third-order valence-electron chi connectivity index (χ3n) is 4.88. The summed E-state index contributed by atoms with van der Waals surface area (Å²) in [5.74, 6) is 0.307. The highest BCUT2D eigenvalue weighted by Gasteiger charge is 2.31. The van der Waals surface area contributed by atoms with Crippen LogP contribution in [0.1, 0.15) is 30.4 Å². The number of benzene rings is 1. The van der Waals surface area contributed by atoms with Crippen molar-refractivity contribution in [1.29, 1.82) is 0 Å². The van der Waals surface area contributed by atoms with Gasteiger partial charge in [0.05, 0.1) is 6.26 Å². The van der Waals surface area contributed by atoms with Crippen LogP contribution < -0.4 is 4.72 Å². The Balaban J connectivity index is 1.56. The zero-order chi connectivity index (χ0) is 16.4. The van der Waals surface area contributed by atoms with Gasteiger partial charge in [0.1, 0.15) is 0 Å². The Morgan fingerprint density at radius 3 is 2.43 bits per heavy atom. The number of amides is 1. The van der Waals surface area contributed by atoms with Crippen molar-refractivity contribution in [3.05, 3.63) is 35.4 Å². The molecule has 0 saturated carbocycles. The molecule has 6 heteroatoms. The Labute approximate surface area is 138 Å². The monoisotopic (exact) mass is 336 g/mol. The number of nitrogens with zero attached hydrogens (tertiary/aromatic N) is 1. The van der Waals surface area contributed by atoms with Crippen molar-refractivity contribution < 1.29 is 13.2 Å². The topological polar surface area (TPSA) is 66.5 Å². The first-order chi connectivity index (χ1) is 10.9. The van der Waals surface area contributed by atoms with Gasteiger partial charge in [-0.15, -0.1) is 0 Å². The number of rotatable bonds is 3. The van der Waals surface area contributed by atoms with Gasteiger partial charge in [-0.1, -0.05) is 24.3 Å². The van der Waals surface area contributed by atoms with Crippen LogP contribution in [0.2, 0.25) is 0 Å². The highest BCUT2D eigenvalue weighted by molar-refractivity contribution is 7.88. The maximum Gasteiger partial charge on any atom is 0.226 e. The van der Waals surface area contributed by atoms with Crippen LogP contribution in [-0.2, 0) is 27.7 Å². The van der Waals surface area contributed by atoms with E-state index in [1.54, 1.807) is 0 Å². The molecular formula is C17H24N2O3S. The molecule has 1 heterocycles. The average molecular weight is 336 g/mol. The van der Waals surface area contributed by atoms with E-state index in [0.29, 0.717) is 25.9 Å². The molecule has 1 unspecified atom stereocenters. The molecule has 1 N–H and O–H groups in total. The largest absolute Gasteiger partial charge is 0.342 e. The molecule has 1 aliphatic carbocycles. The van der Waals surface area contributed by atoms with E-state index < -0.39 is 10.0 Å². The number of aryl methyl sites for hydroxylation is 1. The minimum Gasteiger partial charge on any atom is -0.342 e. The van der Waals surface area contributed by atoms with E-state index in [1.807, 2.05) is 11.0 Å². The van der Waals surface area contributed by atoms with Gasteiger partial charge in [0.2, 0.25) is 15.9 Å². The Morgan fingerprint density at radius 1 is 1.13 bits per heavy atom. The number of sulfonamides is 1. The van der Waals surface area contributed by atoms with Crippen molar-refractivity contribution >= 4 is 15.9 Å². The second-order valence-electron chi connectivity index (χ2n) is 6.70. The van der Waals surface area contributed by atoms with Crippen molar-refractivity contribution in [2.45, 2.75) is 38.1 Å². The fraction of sp³-hybridized carbons (Fsp3) is 0.588. The van der Waals surface area contributed by atoms with Gasteiger partial charge < -0.3 is 4.90 Å². The molecule has 0 spiro atoms. The van der Waals surface area contributed by atoms with E-state index in [1.165, 1.54) is 17.4 Å². The van der Waals surface area contributed by atoms with Gasteiger partial charge in [-0.2, -0.15) is 0 Å². The van der Waals surface area contributed by atoms with Crippen LogP contribution >= 0.6 is 0 Å². The maximum absolute atomic E-state index is 12.7. The zero-order valence-corrected chi connectivity index (χ0v) is 14.3. The van der Waals surface area contributed by atoms with Gasteiger partial charge in [0.25, 0.3) is 0 Å². The fourth-order valence-electron chi connectivity index (χ4n) is 3.69. The number of piperidine rings is 1. The molecule has 0 bridgehead atoms. The van der Waals surface area contributed by atoms with Gasteiger partial charge in [0.15, 0.2) is 0 Å². The summed E-state index contributed by atoms with van der Waals surface area (Å²) in [6.07, 6.45) is 5.29. The van der Waals surface area contributed by atoms with Crippen LogP contribution in [0, 0.1) is 5.92 Å². The summed E-state index contributed by atoms with van der Waals surface area (Å²) in [4.78, 5) is 14.7. The summed E-state index contributed by atoms with van der Waals surface area (Å²) in [7, 11) is -3.17. The van der Waals surface area contributed by atoms with E-state index >= 15 is 0 Å². The van der Waals surface area contributed by atoms with E-state index in [2.05, 4.69) is 22.9 Å². The summed E-state index contributed by atoms with van der Waals surface area (Å²) in [6, 6.07) is 8.32. The molecular weight excluding hydrogens is 312 g/mol. The Kier molecular flexibility index (Phi) is 4.73. The number of likely N-dealkylation sites (tertiary alicyclic amines) is 1. The summed E-state index contributed by atoms with van der Waals surface area (Å²) < 4.78 is 25.2. The lowest BCUT2D eigenvalue weighted by Gasteiger charge is -2.35. The summed E-state index contributed by atoms with van der Waals surface area (Å²) in [6.45, 7) is 1.29. The van der Waals surface area contributed by atoms with Crippen LogP contribution in [0.3, 0.4) is 0 Å². The predicted molar refractivity (Wildman–Crippen MR) is 89.5 cm³/mol. The van der Waals surface area contributed by atoms with Crippen LogP contribution in [0.15, 0.2) is 24.3 Å². The van der Waals surface area contributed by atoms with Crippen molar-refractivity contribution in [3.63, 3.8) is 0 Å². The van der Waals surface area contributed by atoms with E-state index in [4.69, 9.17) is 0 Å². The lowest BCUT2D eigenvalue weighted by molar-refractivity contribution is -0.137. The van der Waals surface area contributed by atoms with E-state index in [0.717, 1.165) is 19.3 Å². The van der Waals surface area contributed by atoms with Crippen LogP contribution in [0.25, 0.3) is 0 Å². The van der Waals surface area contributed by atoms with Crippen molar-refractivity contribution in [3.8, 4) is 0 Å². The van der Waals surface area contributed by atoms with Crippen LogP contribution in [0.5, 0.6) is 0 Å². The quantitative estimate of drug-likeness (QED) is 0.906. The molecule has 1 aromatic rings. The summed E-state index contributed by atoms with van der Waals surface area (Å²) >= 11 is 0. The molecule has 1 aliphatic heterocycles. The van der Waals surface area contributed by atoms with Crippen molar-refractivity contribution in [1.82, 2.24) is 9.62 Å². The van der Waals surface area contributed by atoms with E-state index in [9.17, 15) is 13.2 Å².